The number of thioether (sulfide) groups is 2. The lowest BCUT2D eigenvalue weighted by atomic mass is 10.1. The molecule has 2 aliphatic heterocycles. The number of aromatic nitrogens is 1. The van der Waals surface area contributed by atoms with Crippen molar-refractivity contribution in [3.05, 3.63) is 16.6 Å². The molecule has 1 aromatic heterocycles. The van der Waals surface area contributed by atoms with Gasteiger partial charge in [-0.25, -0.2) is 9.78 Å². The summed E-state index contributed by atoms with van der Waals surface area (Å²) in [5.41, 5.74) is 2.38. The van der Waals surface area contributed by atoms with E-state index in [0.29, 0.717) is 37.1 Å². The summed E-state index contributed by atoms with van der Waals surface area (Å²) in [7, 11) is 0. The topological polar surface area (TPSA) is 117 Å². The van der Waals surface area contributed by atoms with Crippen molar-refractivity contribution in [3.63, 3.8) is 0 Å². The Balaban J connectivity index is 1.72. The van der Waals surface area contributed by atoms with Crippen LogP contribution in [0.5, 0.6) is 0 Å². The standard InChI is InChI=1S/C17H21N3O5S3/c1-9(21)28-13(6-10-7-26-8-18-10)15(22)19-11-4-5-27-14-3-2-12(17(24)25)20(14)16(11)23/h7-8,11-14H,2-6H2,1H3,(H,19,22)(H,24,25). The van der Waals surface area contributed by atoms with E-state index in [1.54, 1.807) is 17.3 Å². The molecule has 1 aromatic rings. The quantitative estimate of drug-likeness (QED) is 0.677. The third-order valence-corrected chi connectivity index (χ3v) is 7.63. The summed E-state index contributed by atoms with van der Waals surface area (Å²) in [5, 5.41) is 13.0. The van der Waals surface area contributed by atoms with Crippen LogP contribution in [0.25, 0.3) is 0 Å². The van der Waals surface area contributed by atoms with Crippen LogP contribution < -0.4 is 5.32 Å². The van der Waals surface area contributed by atoms with Gasteiger partial charge in [-0.15, -0.1) is 23.1 Å². The van der Waals surface area contributed by atoms with Crippen molar-refractivity contribution >= 4 is 57.8 Å². The van der Waals surface area contributed by atoms with Crippen LogP contribution in [-0.4, -0.2) is 66.3 Å². The molecule has 0 bridgehead atoms. The minimum absolute atomic E-state index is 0.159. The molecule has 152 valence electrons. The summed E-state index contributed by atoms with van der Waals surface area (Å²) in [4.78, 5) is 54.5. The summed E-state index contributed by atoms with van der Waals surface area (Å²) < 4.78 is 0. The van der Waals surface area contributed by atoms with Gasteiger partial charge in [-0.05, 0) is 25.0 Å². The summed E-state index contributed by atoms with van der Waals surface area (Å²) in [5.74, 6) is -1.12. The van der Waals surface area contributed by atoms with Crippen LogP contribution in [-0.2, 0) is 25.6 Å². The number of carbonyl (C=O) groups excluding carboxylic acids is 3. The van der Waals surface area contributed by atoms with Gasteiger partial charge in [0.1, 0.15) is 12.1 Å². The second-order valence-corrected chi connectivity index (χ2v) is 10.0. The molecular formula is C17H21N3O5S3. The van der Waals surface area contributed by atoms with Gasteiger partial charge in [0.25, 0.3) is 0 Å². The number of carboxylic acids is 1. The van der Waals surface area contributed by atoms with Gasteiger partial charge in [-0.2, -0.15) is 0 Å². The first kappa shape index (κ1) is 21.1. The predicted molar refractivity (Wildman–Crippen MR) is 108 cm³/mol. The van der Waals surface area contributed by atoms with E-state index in [1.165, 1.54) is 23.2 Å². The lowest BCUT2D eigenvalue weighted by Gasteiger charge is -2.29. The average molecular weight is 444 g/mol. The van der Waals surface area contributed by atoms with Gasteiger partial charge in [-0.1, -0.05) is 11.8 Å². The molecule has 3 heterocycles. The van der Waals surface area contributed by atoms with Crippen LogP contribution in [0.15, 0.2) is 10.9 Å². The van der Waals surface area contributed by atoms with Crippen molar-refractivity contribution in [2.24, 2.45) is 0 Å². The van der Waals surface area contributed by atoms with E-state index >= 15 is 0 Å². The second kappa shape index (κ2) is 9.27. The minimum atomic E-state index is -1.02. The van der Waals surface area contributed by atoms with Crippen molar-refractivity contribution < 1.29 is 24.3 Å². The zero-order valence-electron chi connectivity index (χ0n) is 15.2. The smallest absolute Gasteiger partial charge is 0.326 e. The summed E-state index contributed by atoms with van der Waals surface area (Å²) in [6.45, 7) is 1.39. The van der Waals surface area contributed by atoms with Crippen LogP contribution in [0.4, 0.5) is 0 Å². The lowest BCUT2D eigenvalue weighted by Crippen LogP contribution is -2.53. The SMILES string of the molecule is CC(=O)SC(Cc1cscn1)C(=O)NC1CCSC2CCC(C(=O)O)N2C1=O. The van der Waals surface area contributed by atoms with Gasteiger partial charge in [0.05, 0.1) is 21.8 Å². The van der Waals surface area contributed by atoms with E-state index in [-0.39, 0.29) is 16.4 Å². The Morgan fingerprint density at radius 1 is 1.39 bits per heavy atom. The Kier molecular flexibility index (Phi) is 7.00. The second-order valence-electron chi connectivity index (χ2n) is 6.63. The number of nitrogens with one attached hydrogen (secondary N) is 1. The molecule has 4 atom stereocenters. The first-order valence-electron chi connectivity index (χ1n) is 8.88. The maximum absolute atomic E-state index is 13.0. The van der Waals surface area contributed by atoms with Gasteiger partial charge in [0.2, 0.25) is 11.8 Å². The molecule has 11 heteroatoms. The highest BCUT2D eigenvalue weighted by Gasteiger charge is 2.45. The van der Waals surface area contributed by atoms with Gasteiger partial charge in [0, 0.05) is 18.7 Å². The highest BCUT2D eigenvalue weighted by Crippen LogP contribution is 2.35. The Morgan fingerprint density at radius 3 is 2.82 bits per heavy atom. The van der Waals surface area contributed by atoms with E-state index in [9.17, 15) is 24.3 Å². The van der Waals surface area contributed by atoms with Crippen molar-refractivity contribution in [2.75, 3.05) is 5.75 Å². The molecule has 4 unspecified atom stereocenters. The molecular weight excluding hydrogens is 422 g/mol. The summed E-state index contributed by atoms with van der Waals surface area (Å²) in [6.07, 6.45) is 1.79. The van der Waals surface area contributed by atoms with E-state index in [0.717, 1.165) is 11.8 Å². The molecule has 2 fully saturated rings. The van der Waals surface area contributed by atoms with Gasteiger partial charge in [0.15, 0.2) is 5.12 Å². The first-order valence-corrected chi connectivity index (χ1v) is 11.7. The number of fused-ring (bicyclic) bond motifs is 1. The number of rotatable bonds is 6. The number of hydrogen-bond donors (Lipinski definition) is 2. The van der Waals surface area contributed by atoms with E-state index in [1.807, 2.05) is 5.38 Å². The average Bonchev–Trinajstić information content (AvgIpc) is 3.26. The fourth-order valence-corrected chi connectivity index (χ4v) is 6.18. The van der Waals surface area contributed by atoms with Crippen LogP contribution >= 0.6 is 34.9 Å². The number of amides is 2. The highest BCUT2D eigenvalue weighted by molar-refractivity contribution is 8.14. The third-order valence-electron chi connectivity index (χ3n) is 4.68. The van der Waals surface area contributed by atoms with Crippen LogP contribution in [0.1, 0.15) is 31.9 Å². The Bertz CT molecular complexity index is 757. The molecule has 3 rings (SSSR count). The third kappa shape index (κ3) is 4.87. The predicted octanol–water partition coefficient (Wildman–Crippen LogP) is 1.36. The lowest BCUT2D eigenvalue weighted by molar-refractivity contribution is -0.149. The largest absolute Gasteiger partial charge is 0.480 e. The van der Waals surface area contributed by atoms with Crippen molar-refractivity contribution in [3.8, 4) is 0 Å². The van der Waals surface area contributed by atoms with Crippen molar-refractivity contribution in [1.29, 1.82) is 0 Å². The summed E-state index contributed by atoms with van der Waals surface area (Å²) in [6, 6.07) is -1.63. The number of thiazole rings is 1. The molecule has 0 aromatic carbocycles. The molecule has 8 nitrogen and oxygen atoms in total. The summed E-state index contributed by atoms with van der Waals surface area (Å²) >= 11 is 3.88. The maximum atomic E-state index is 13.0. The van der Waals surface area contributed by atoms with E-state index < -0.39 is 29.2 Å². The molecule has 0 saturated carbocycles. The highest BCUT2D eigenvalue weighted by atomic mass is 32.2. The molecule has 28 heavy (non-hydrogen) atoms. The molecule has 2 saturated heterocycles. The molecule has 2 aliphatic rings. The van der Waals surface area contributed by atoms with Crippen LogP contribution in [0, 0.1) is 0 Å². The number of nitrogens with zero attached hydrogens (tertiary/aromatic N) is 2. The monoisotopic (exact) mass is 443 g/mol. The Morgan fingerprint density at radius 2 is 2.18 bits per heavy atom. The fraction of sp³-hybridized carbons (Fsp3) is 0.588. The molecule has 0 aliphatic carbocycles. The Hall–Kier alpha value is -1.59. The van der Waals surface area contributed by atoms with Gasteiger partial charge >= 0.3 is 5.97 Å². The number of aliphatic carboxylic acids is 1. The van der Waals surface area contributed by atoms with Crippen LogP contribution in [0.3, 0.4) is 0 Å². The molecule has 2 amide bonds. The normalized spacial score (nSPS) is 25.7. The van der Waals surface area contributed by atoms with Crippen molar-refractivity contribution in [1.82, 2.24) is 15.2 Å². The van der Waals surface area contributed by atoms with Crippen LogP contribution in [0.2, 0.25) is 0 Å². The fourth-order valence-electron chi connectivity index (χ4n) is 3.42. The zero-order valence-corrected chi connectivity index (χ0v) is 17.6. The molecule has 0 spiro atoms. The molecule has 2 N–H and O–H groups in total. The Labute approximate surface area is 174 Å². The zero-order chi connectivity index (χ0) is 20.3. The minimum Gasteiger partial charge on any atom is -0.480 e. The maximum Gasteiger partial charge on any atom is 0.326 e. The number of carbonyl (C=O) groups is 4. The van der Waals surface area contributed by atoms with Crippen molar-refractivity contribution in [2.45, 2.75) is 55.3 Å². The van der Waals surface area contributed by atoms with Gasteiger partial charge < -0.3 is 15.3 Å². The number of hydrogen-bond acceptors (Lipinski definition) is 8. The number of carboxylic acid groups (broad SMARTS) is 1. The van der Waals surface area contributed by atoms with E-state index in [2.05, 4.69) is 10.3 Å². The molecule has 0 radical (unpaired) electrons. The van der Waals surface area contributed by atoms with E-state index in [4.69, 9.17) is 0 Å². The first-order chi connectivity index (χ1) is 13.4. The van der Waals surface area contributed by atoms with Gasteiger partial charge in [-0.3, -0.25) is 14.4 Å².